The van der Waals surface area contributed by atoms with Gasteiger partial charge in [-0.25, -0.2) is 8.42 Å². The largest absolute Gasteiger partial charge is 0.508 e. The lowest BCUT2D eigenvalue weighted by atomic mass is 9.98. The monoisotopic (exact) mass is 478 g/mol. The van der Waals surface area contributed by atoms with Crippen LogP contribution in [0.3, 0.4) is 0 Å². The van der Waals surface area contributed by atoms with Crippen LogP contribution in [-0.4, -0.2) is 47.1 Å². The van der Waals surface area contributed by atoms with Gasteiger partial charge in [0.2, 0.25) is 10.0 Å². The van der Waals surface area contributed by atoms with Crippen LogP contribution < -0.4 is 14.9 Å². The van der Waals surface area contributed by atoms with Gasteiger partial charge in [-0.05, 0) is 42.7 Å². The van der Waals surface area contributed by atoms with Crippen LogP contribution >= 0.6 is 0 Å². The molecule has 0 saturated carbocycles. The molecule has 4 rings (SSSR count). The molecule has 1 atom stereocenters. The zero-order chi connectivity index (χ0) is 23.3. The third-order valence-corrected chi connectivity index (χ3v) is 7.44. The van der Waals surface area contributed by atoms with Crippen molar-refractivity contribution in [3.63, 3.8) is 0 Å². The van der Waals surface area contributed by atoms with E-state index in [2.05, 4.69) is 33.2 Å². The summed E-state index contributed by atoms with van der Waals surface area (Å²) in [6.07, 6.45) is 1.95. The smallest absolute Gasteiger partial charge is 0.286 e. The number of benzene rings is 2. The number of phenols is 1. The maximum atomic E-state index is 13.0. The van der Waals surface area contributed by atoms with Gasteiger partial charge in [0, 0.05) is 30.0 Å². The van der Waals surface area contributed by atoms with Crippen LogP contribution in [0.4, 0.5) is 17.1 Å². The zero-order valence-electron chi connectivity index (χ0n) is 18.0. The molecular weight excluding hydrogens is 452 g/mol. The van der Waals surface area contributed by atoms with Crippen molar-refractivity contribution in [1.29, 1.82) is 0 Å². The van der Waals surface area contributed by atoms with E-state index in [9.17, 15) is 21.9 Å². The van der Waals surface area contributed by atoms with Crippen molar-refractivity contribution in [3.05, 3.63) is 42.0 Å². The molecule has 11 heteroatoms. The molecule has 2 heterocycles. The van der Waals surface area contributed by atoms with E-state index in [-0.39, 0.29) is 22.2 Å². The number of amidine groups is 1. The number of phenolic OH excluding ortho intramolecular Hbond substituents is 1. The van der Waals surface area contributed by atoms with E-state index in [0.717, 1.165) is 24.9 Å². The molecule has 2 aliphatic rings. The lowest BCUT2D eigenvalue weighted by Gasteiger charge is -2.24. The molecule has 0 aromatic heterocycles. The summed E-state index contributed by atoms with van der Waals surface area (Å²) in [5.74, 6) is 0.383. The van der Waals surface area contributed by atoms with Gasteiger partial charge in [0.05, 0.1) is 17.9 Å². The molecule has 0 radical (unpaired) electrons. The first kappa shape index (κ1) is 22.4. The lowest BCUT2D eigenvalue weighted by Crippen LogP contribution is -2.32. The van der Waals surface area contributed by atoms with Gasteiger partial charge in [-0.2, -0.15) is 8.42 Å². The molecule has 2 aromatic rings. The second-order valence-corrected chi connectivity index (χ2v) is 11.9. The number of nitrogens with zero attached hydrogens (tertiary/aromatic N) is 2. The SMILES string of the molecule is CC(C)CCN1CC(C2=NS(=O)(=O)c3cc(NS(C)(=O)=O)ccc3N2)c2c(O)cccc21. The van der Waals surface area contributed by atoms with Crippen molar-refractivity contribution in [2.24, 2.45) is 10.3 Å². The van der Waals surface area contributed by atoms with E-state index in [1.807, 2.05) is 6.07 Å². The minimum absolute atomic E-state index is 0.0972. The van der Waals surface area contributed by atoms with Crippen molar-refractivity contribution in [2.75, 3.05) is 34.3 Å². The van der Waals surface area contributed by atoms with E-state index in [0.29, 0.717) is 23.7 Å². The Balaban J connectivity index is 1.71. The Bertz CT molecular complexity index is 1300. The standard InChI is InChI=1S/C21H26N4O5S2/c1-13(2)9-10-25-12-15(20-17(25)5-4-6-18(20)26)21-22-16-8-7-14(23-31(3,27)28)11-19(16)32(29,30)24-21/h4-8,11,13,15,23,26H,9-10,12H2,1-3H3,(H,22,24). The van der Waals surface area contributed by atoms with E-state index < -0.39 is 26.0 Å². The maximum absolute atomic E-state index is 13.0. The molecule has 9 nitrogen and oxygen atoms in total. The summed E-state index contributed by atoms with van der Waals surface area (Å²) in [5, 5.41) is 13.7. The van der Waals surface area contributed by atoms with E-state index in [4.69, 9.17) is 0 Å². The molecule has 0 bridgehead atoms. The van der Waals surface area contributed by atoms with Crippen molar-refractivity contribution in [2.45, 2.75) is 31.1 Å². The first-order valence-corrected chi connectivity index (χ1v) is 13.6. The van der Waals surface area contributed by atoms with Crippen LogP contribution in [0.1, 0.15) is 31.7 Å². The number of anilines is 3. The summed E-state index contributed by atoms with van der Waals surface area (Å²) in [6.45, 7) is 5.55. The highest BCUT2D eigenvalue weighted by molar-refractivity contribution is 7.92. The van der Waals surface area contributed by atoms with Gasteiger partial charge in [-0.1, -0.05) is 19.9 Å². The Morgan fingerprint density at radius 1 is 1.28 bits per heavy atom. The second kappa shape index (κ2) is 7.96. The minimum Gasteiger partial charge on any atom is -0.508 e. The first-order chi connectivity index (χ1) is 14.9. The quantitative estimate of drug-likeness (QED) is 0.582. The normalized spacial score (nSPS) is 19.2. The second-order valence-electron chi connectivity index (χ2n) is 8.55. The van der Waals surface area contributed by atoms with Crippen molar-refractivity contribution >= 4 is 42.9 Å². The number of hydrogen-bond donors (Lipinski definition) is 3. The predicted octanol–water partition coefficient (Wildman–Crippen LogP) is 2.93. The average Bonchev–Trinajstić information content (AvgIpc) is 3.05. The van der Waals surface area contributed by atoms with Crippen LogP contribution in [0.15, 0.2) is 45.7 Å². The summed E-state index contributed by atoms with van der Waals surface area (Å²) in [4.78, 5) is 2.03. The first-order valence-electron chi connectivity index (χ1n) is 10.2. The fourth-order valence-electron chi connectivity index (χ4n) is 4.04. The number of hydrogen-bond acceptors (Lipinski definition) is 7. The molecule has 1 unspecified atom stereocenters. The van der Waals surface area contributed by atoms with Crippen molar-refractivity contribution in [1.82, 2.24) is 0 Å². The number of sulfonamides is 2. The number of rotatable bonds is 6. The molecule has 32 heavy (non-hydrogen) atoms. The van der Waals surface area contributed by atoms with Gasteiger partial charge in [0.1, 0.15) is 16.5 Å². The molecule has 172 valence electrons. The summed E-state index contributed by atoms with van der Waals surface area (Å²) in [7, 11) is -7.63. The number of nitrogens with one attached hydrogen (secondary N) is 2. The molecular formula is C21H26N4O5S2. The zero-order valence-corrected chi connectivity index (χ0v) is 19.7. The number of fused-ring (bicyclic) bond motifs is 2. The molecule has 2 aliphatic heterocycles. The van der Waals surface area contributed by atoms with E-state index >= 15 is 0 Å². The Morgan fingerprint density at radius 2 is 2.03 bits per heavy atom. The Kier molecular flexibility index (Phi) is 5.58. The van der Waals surface area contributed by atoms with Gasteiger partial charge in [0.25, 0.3) is 10.0 Å². The molecule has 0 saturated heterocycles. The summed E-state index contributed by atoms with van der Waals surface area (Å²) >= 11 is 0. The van der Waals surface area contributed by atoms with Crippen molar-refractivity contribution in [3.8, 4) is 5.75 Å². The lowest BCUT2D eigenvalue weighted by molar-refractivity contribution is 0.469. The summed E-state index contributed by atoms with van der Waals surface area (Å²) in [6, 6.07) is 9.52. The van der Waals surface area contributed by atoms with Crippen LogP contribution in [0.25, 0.3) is 0 Å². The van der Waals surface area contributed by atoms with Gasteiger partial charge in [-0.3, -0.25) is 4.72 Å². The summed E-state index contributed by atoms with van der Waals surface area (Å²) in [5.41, 5.74) is 1.97. The topological polar surface area (TPSA) is 128 Å². The highest BCUT2D eigenvalue weighted by Gasteiger charge is 2.38. The third kappa shape index (κ3) is 4.40. The Hall–Kier alpha value is -2.79. The van der Waals surface area contributed by atoms with Gasteiger partial charge >= 0.3 is 0 Å². The molecule has 0 fully saturated rings. The average molecular weight is 479 g/mol. The van der Waals surface area contributed by atoms with Crippen LogP contribution in [-0.2, 0) is 20.0 Å². The molecule has 0 aliphatic carbocycles. The van der Waals surface area contributed by atoms with Crippen LogP contribution in [0, 0.1) is 5.92 Å². The number of aromatic hydroxyl groups is 1. The fraction of sp³-hybridized carbons (Fsp3) is 0.381. The Labute approximate surface area is 188 Å². The van der Waals surface area contributed by atoms with Crippen LogP contribution in [0.5, 0.6) is 5.75 Å². The molecule has 0 spiro atoms. The Morgan fingerprint density at radius 3 is 2.72 bits per heavy atom. The highest BCUT2D eigenvalue weighted by Crippen LogP contribution is 2.44. The predicted molar refractivity (Wildman–Crippen MR) is 126 cm³/mol. The highest BCUT2D eigenvalue weighted by atomic mass is 32.2. The molecule has 3 N–H and O–H groups in total. The summed E-state index contributed by atoms with van der Waals surface area (Å²) < 4.78 is 55.2. The van der Waals surface area contributed by atoms with E-state index in [1.165, 1.54) is 18.2 Å². The fourth-order valence-corrected chi connectivity index (χ4v) is 5.80. The van der Waals surface area contributed by atoms with Crippen molar-refractivity contribution < 1.29 is 21.9 Å². The van der Waals surface area contributed by atoms with Crippen LogP contribution in [0.2, 0.25) is 0 Å². The third-order valence-electron chi connectivity index (χ3n) is 5.50. The van der Waals surface area contributed by atoms with E-state index in [1.54, 1.807) is 12.1 Å². The van der Waals surface area contributed by atoms with Gasteiger partial charge in [-0.15, -0.1) is 4.40 Å². The molecule has 2 aromatic carbocycles. The van der Waals surface area contributed by atoms with Gasteiger partial charge in [0.15, 0.2) is 0 Å². The maximum Gasteiger partial charge on any atom is 0.286 e. The van der Waals surface area contributed by atoms with Gasteiger partial charge < -0.3 is 15.3 Å². The molecule has 0 amide bonds. The minimum atomic E-state index is -4.07.